The first-order chi connectivity index (χ1) is 12.4. The second-order valence-electron chi connectivity index (χ2n) is 5.67. The summed E-state index contributed by atoms with van der Waals surface area (Å²) >= 11 is 3.34. The lowest BCUT2D eigenvalue weighted by atomic mass is 10.1. The van der Waals surface area contributed by atoms with Crippen molar-refractivity contribution >= 4 is 33.4 Å². The Hall–Kier alpha value is -2.54. The van der Waals surface area contributed by atoms with Crippen molar-refractivity contribution in [2.75, 3.05) is 26.1 Å². The van der Waals surface area contributed by atoms with Crippen LogP contribution >= 0.6 is 15.9 Å². The van der Waals surface area contributed by atoms with Crippen LogP contribution in [0, 0.1) is 13.8 Å². The van der Waals surface area contributed by atoms with Crippen molar-refractivity contribution in [3.05, 3.63) is 51.5 Å². The number of anilines is 1. The standard InChI is InChI=1S/C19H21BrN2O4/c1-11-6-5-7-16(12(11)2)22-17(23)10-21-19(24)14-8-13(25-3)9-15(20)18(14)26-4/h5-9H,10H2,1-4H3,(H,21,24)(H,22,23). The highest BCUT2D eigenvalue weighted by Gasteiger charge is 2.18. The van der Waals surface area contributed by atoms with Crippen molar-refractivity contribution < 1.29 is 19.1 Å². The van der Waals surface area contributed by atoms with Crippen LogP contribution < -0.4 is 20.1 Å². The van der Waals surface area contributed by atoms with Crippen LogP contribution in [0.25, 0.3) is 0 Å². The molecule has 0 saturated carbocycles. The van der Waals surface area contributed by atoms with Gasteiger partial charge in [0.1, 0.15) is 11.5 Å². The van der Waals surface area contributed by atoms with Crippen molar-refractivity contribution in [1.82, 2.24) is 5.32 Å². The highest BCUT2D eigenvalue weighted by Crippen LogP contribution is 2.33. The van der Waals surface area contributed by atoms with E-state index in [1.165, 1.54) is 14.2 Å². The van der Waals surface area contributed by atoms with E-state index in [4.69, 9.17) is 9.47 Å². The van der Waals surface area contributed by atoms with Gasteiger partial charge in [0.2, 0.25) is 5.91 Å². The normalized spacial score (nSPS) is 10.2. The van der Waals surface area contributed by atoms with Crippen molar-refractivity contribution in [2.24, 2.45) is 0 Å². The van der Waals surface area contributed by atoms with Gasteiger partial charge in [-0.25, -0.2) is 0 Å². The SMILES string of the molecule is COc1cc(Br)c(OC)c(C(=O)NCC(=O)Nc2cccc(C)c2C)c1. The summed E-state index contributed by atoms with van der Waals surface area (Å²) in [5.41, 5.74) is 3.08. The molecule has 26 heavy (non-hydrogen) atoms. The smallest absolute Gasteiger partial charge is 0.255 e. The molecule has 2 aromatic carbocycles. The Morgan fingerprint density at radius 3 is 2.50 bits per heavy atom. The molecule has 2 aromatic rings. The summed E-state index contributed by atoms with van der Waals surface area (Å²) < 4.78 is 11.0. The molecule has 0 aromatic heterocycles. The van der Waals surface area contributed by atoms with E-state index in [1.54, 1.807) is 12.1 Å². The quantitative estimate of drug-likeness (QED) is 0.749. The lowest BCUT2D eigenvalue weighted by Crippen LogP contribution is -2.33. The van der Waals surface area contributed by atoms with Crippen molar-refractivity contribution in [3.8, 4) is 11.5 Å². The maximum absolute atomic E-state index is 12.5. The number of hydrogen-bond donors (Lipinski definition) is 2. The molecule has 6 nitrogen and oxygen atoms in total. The predicted molar refractivity (Wildman–Crippen MR) is 104 cm³/mol. The maximum atomic E-state index is 12.5. The third kappa shape index (κ3) is 4.54. The van der Waals surface area contributed by atoms with Gasteiger partial charge in [-0.15, -0.1) is 0 Å². The lowest BCUT2D eigenvalue weighted by Gasteiger charge is -2.13. The molecule has 0 heterocycles. The van der Waals surface area contributed by atoms with Crippen molar-refractivity contribution in [1.29, 1.82) is 0 Å². The highest BCUT2D eigenvalue weighted by atomic mass is 79.9. The molecule has 0 bridgehead atoms. The molecule has 0 aliphatic rings. The topological polar surface area (TPSA) is 76.7 Å². The molecule has 0 saturated heterocycles. The Kier molecular flexibility index (Phi) is 6.63. The van der Waals surface area contributed by atoms with E-state index in [0.29, 0.717) is 16.0 Å². The molecule has 0 spiro atoms. The molecule has 0 aliphatic carbocycles. The molecule has 0 radical (unpaired) electrons. The summed E-state index contributed by atoms with van der Waals surface area (Å²) in [6, 6.07) is 8.92. The summed E-state index contributed by atoms with van der Waals surface area (Å²) in [4.78, 5) is 24.6. The van der Waals surface area contributed by atoms with Crippen LogP contribution in [0.4, 0.5) is 5.69 Å². The van der Waals surface area contributed by atoms with Crippen LogP contribution in [0.15, 0.2) is 34.8 Å². The minimum absolute atomic E-state index is 0.163. The Balaban J connectivity index is 2.07. The molecule has 138 valence electrons. The third-order valence-electron chi connectivity index (χ3n) is 3.99. The lowest BCUT2D eigenvalue weighted by molar-refractivity contribution is -0.115. The molecular formula is C19H21BrN2O4. The molecule has 2 rings (SSSR count). The number of halogens is 1. The van der Waals surface area contributed by atoms with Gasteiger partial charge in [0.25, 0.3) is 5.91 Å². The van der Waals surface area contributed by atoms with E-state index in [1.807, 2.05) is 32.0 Å². The average molecular weight is 421 g/mol. The van der Waals surface area contributed by atoms with Gasteiger partial charge in [-0.2, -0.15) is 0 Å². The Bertz CT molecular complexity index is 837. The van der Waals surface area contributed by atoms with Crippen molar-refractivity contribution in [3.63, 3.8) is 0 Å². The molecule has 0 unspecified atom stereocenters. The average Bonchev–Trinajstić information content (AvgIpc) is 2.62. The monoisotopic (exact) mass is 420 g/mol. The fourth-order valence-electron chi connectivity index (χ4n) is 2.40. The van der Waals surface area contributed by atoms with Gasteiger partial charge < -0.3 is 20.1 Å². The first-order valence-corrected chi connectivity index (χ1v) is 8.72. The van der Waals surface area contributed by atoms with E-state index in [0.717, 1.165) is 16.8 Å². The summed E-state index contributed by atoms with van der Waals surface area (Å²) in [6.07, 6.45) is 0. The minimum Gasteiger partial charge on any atom is -0.497 e. The molecule has 0 fully saturated rings. The van der Waals surface area contributed by atoms with Crippen LogP contribution in [0.2, 0.25) is 0 Å². The van der Waals surface area contributed by atoms with Crippen LogP contribution in [0.3, 0.4) is 0 Å². The fraction of sp³-hybridized carbons (Fsp3) is 0.263. The first kappa shape index (κ1) is 19.8. The zero-order valence-corrected chi connectivity index (χ0v) is 16.7. The highest BCUT2D eigenvalue weighted by molar-refractivity contribution is 9.10. The zero-order chi connectivity index (χ0) is 19.3. The van der Waals surface area contributed by atoms with E-state index >= 15 is 0 Å². The molecule has 7 heteroatoms. The van der Waals surface area contributed by atoms with Crippen LogP contribution in [-0.2, 0) is 4.79 Å². The molecule has 0 atom stereocenters. The van der Waals surface area contributed by atoms with E-state index < -0.39 is 5.91 Å². The predicted octanol–water partition coefficient (Wildman–Crippen LogP) is 3.45. The second kappa shape index (κ2) is 8.71. The fourth-order valence-corrected chi connectivity index (χ4v) is 3.00. The van der Waals surface area contributed by atoms with Gasteiger partial charge in [0, 0.05) is 5.69 Å². The third-order valence-corrected chi connectivity index (χ3v) is 4.58. The second-order valence-corrected chi connectivity index (χ2v) is 6.52. The molecule has 2 N–H and O–H groups in total. The number of benzene rings is 2. The number of amides is 2. The van der Waals surface area contributed by atoms with Gasteiger partial charge in [0.05, 0.1) is 30.8 Å². The Labute approximate surface area is 161 Å². The number of rotatable bonds is 6. The largest absolute Gasteiger partial charge is 0.497 e. The maximum Gasteiger partial charge on any atom is 0.255 e. The van der Waals surface area contributed by atoms with E-state index in [-0.39, 0.29) is 18.0 Å². The Morgan fingerprint density at radius 2 is 1.85 bits per heavy atom. The van der Waals surface area contributed by atoms with Crippen molar-refractivity contribution in [2.45, 2.75) is 13.8 Å². The number of carbonyl (C=O) groups excluding carboxylic acids is 2. The van der Waals surface area contributed by atoms with Crippen LogP contribution in [0.1, 0.15) is 21.5 Å². The minimum atomic E-state index is -0.433. The number of aryl methyl sites for hydroxylation is 1. The van der Waals surface area contributed by atoms with Crippen LogP contribution in [0.5, 0.6) is 11.5 Å². The summed E-state index contributed by atoms with van der Waals surface area (Å²) in [6.45, 7) is 3.74. The number of hydrogen-bond acceptors (Lipinski definition) is 4. The number of nitrogens with one attached hydrogen (secondary N) is 2. The van der Waals surface area contributed by atoms with Gasteiger partial charge >= 0.3 is 0 Å². The van der Waals surface area contributed by atoms with Crippen LogP contribution in [-0.4, -0.2) is 32.6 Å². The molecule has 2 amide bonds. The summed E-state index contributed by atoms with van der Waals surface area (Å²) in [5.74, 6) is 0.131. The van der Waals surface area contributed by atoms with E-state index in [9.17, 15) is 9.59 Å². The van der Waals surface area contributed by atoms with Gasteiger partial charge in [0.15, 0.2) is 0 Å². The number of ether oxygens (including phenoxy) is 2. The number of methoxy groups -OCH3 is 2. The van der Waals surface area contributed by atoms with E-state index in [2.05, 4.69) is 26.6 Å². The number of carbonyl (C=O) groups is 2. The molecular weight excluding hydrogens is 400 g/mol. The summed E-state index contributed by atoms with van der Waals surface area (Å²) in [5, 5.41) is 5.40. The first-order valence-electron chi connectivity index (χ1n) is 7.93. The molecule has 0 aliphatic heterocycles. The zero-order valence-electron chi connectivity index (χ0n) is 15.1. The summed E-state index contributed by atoms with van der Waals surface area (Å²) in [7, 11) is 2.98. The van der Waals surface area contributed by atoms with Gasteiger partial charge in [-0.1, -0.05) is 12.1 Å². The van der Waals surface area contributed by atoms with Gasteiger partial charge in [-0.3, -0.25) is 9.59 Å². The van der Waals surface area contributed by atoms with Gasteiger partial charge in [-0.05, 0) is 59.1 Å². The Morgan fingerprint density at radius 1 is 1.12 bits per heavy atom.